The summed E-state index contributed by atoms with van der Waals surface area (Å²) in [7, 11) is 1.65. The first-order valence-electron chi connectivity index (χ1n) is 8.42. The summed E-state index contributed by atoms with van der Waals surface area (Å²) in [6, 6.07) is 16.7. The van der Waals surface area contributed by atoms with Gasteiger partial charge in [0, 0.05) is 22.6 Å². The van der Waals surface area contributed by atoms with Gasteiger partial charge >= 0.3 is 0 Å². The SMILES string of the molecule is COc1ccc(-n2c(C)cc(/C=N\NC(=O)c3ccccc3Cl)c2C)cc1. The molecular formula is C21H20ClN3O2. The van der Waals surface area contributed by atoms with Crippen molar-refractivity contribution >= 4 is 23.7 Å². The van der Waals surface area contributed by atoms with Gasteiger partial charge in [0.2, 0.25) is 0 Å². The van der Waals surface area contributed by atoms with Gasteiger partial charge in [-0.3, -0.25) is 4.79 Å². The third-order valence-electron chi connectivity index (χ3n) is 4.29. The third kappa shape index (κ3) is 4.04. The highest BCUT2D eigenvalue weighted by Crippen LogP contribution is 2.22. The summed E-state index contributed by atoms with van der Waals surface area (Å²) in [5.74, 6) is 0.464. The fraction of sp³-hybridized carbons (Fsp3) is 0.143. The number of nitrogens with zero attached hydrogens (tertiary/aromatic N) is 2. The van der Waals surface area contributed by atoms with Crippen LogP contribution in [0, 0.1) is 13.8 Å². The van der Waals surface area contributed by atoms with Gasteiger partial charge < -0.3 is 9.30 Å². The zero-order chi connectivity index (χ0) is 19.4. The second-order valence-electron chi connectivity index (χ2n) is 6.04. The molecule has 2 aromatic carbocycles. The highest BCUT2D eigenvalue weighted by molar-refractivity contribution is 6.33. The third-order valence-corrected chi connectivity index (χ3v) is 4.62. The molecule has 1 aromatic heterocycles. The number of hydrogen-bond acceptors (Lipinski definition) is 3. The fourth-order valence-corrected chi connectivity index (χ4v) is 3.13. The number of methoxy groups -OCH3 is 1. The first-order valence-corrected chi connectivity index (χ1v) is 8.80. The Hall–Kier alpha value is -3.05. The zero-order valence-corrected chi connectivity index (χ0v) is 16.1. The first-order chi connectivity index (χ1) is 13.0. The Balaban J connectivity index is 1.79. The number of carbonyl (C=O) groups excluding carboxylic acids is 1. The molecule has 0 atom stereocenters. The molecule has 138 valence electrons. The molecule has 0 bridgehead atoms. The van der Waals surface area contributed by atoms with Gasteiger partial charge in [-0.05, 0) is 56.3 Å². The number of hydrazone groups is 1. The summed E-state index contributed by atoms with van der Waals surface area (Å²) in [5.41, 5.74) is 6.95. The number of halogens is 1. The van der Waals surface area contributed by atoms with Crippen LogP contribution in [0.25, 0.3) is 5.69 Å². The maximum absolute atomic E-state index is 12.2. The van der Waals surface area contributed by atoms with Gasteiger partial charge in [0.15, 0.2) is 0 Å². The Bertz CT molecular complexity index is 991. The number of ether oxygens (including phenoxy) is 1. The molecule has 0 spiro atoms. The number of hydrogen-bond donors (Lipinski definition) is 1. The molecule has 0 aliphatic carbocycles. The molecular weight excluding hydrogens is 362 g/mol. The highest BCUT2D eigenvalue weighted by Gasteiger charge is 2.11. The van der Waals surface area contributed by atoms with Crippen LogP contribution in [0.4, 0.5) is 0 Å². The lowest BCUT2D eigenvalue weighted by Gasteiger charge is -2.10. The quantitative estimate of drug-likeness (QED) is 0.521. The van der Waals surface area contributed by atoms with E-state index in [-0.39, 0.29) is 5.91 Å². The van der Waals surface area contributed by atoms with E-state index in [0.717, 1.165) is 28.4 Å². The lowest BCUT2D eigenvalue weighted by atomic mass is 10.2. The van der Waals surface area contributed by atoms with Gasteiger partial charge in [0.25, 0.3) is 5.91 Å². The van der Waals surface area contributed by atoms with Crippen LogP contribution in [-0.4, -0.2) is 23.8 Å². The number of nitrogens with one attached hydrogen (secondary N) is 1. The van der Waals surface area contributed by atoms with Crippen LogP contribution in [0.3, 0.4) is 0 Å². The van der Waals surface area contributed by atoms with Crippen molar-refractivity contribution in [3.8, 4) is 11.4 Å². The van der Waals surface area contributed by atoms with Gasteiger partial charge in [-0.25, -0.2) is 5.43 Å². The predicted octanol–water partition coefficient (Wildman–Crippen LogP) is 4.52. The molecule has 27 heavy (non-hydrogen) atoms. The predicted molar refractivity (Wildman–Crippen MR) is 108 cm³/mol. The van der Waals surface area contributed by atoms with Gasteiger partial charge in [-0.15, -0.1) is 0 Å². The zero-order valence-electron chi connectivity index (χ0n) is 15.4. The van der Waals surface area contributed by atoms with E-state index in [1.54, 1.807) is 37.6 Å². The molecule has 1 N–H and O–H groups in total. The maximum atomic E-state index is 12.2. The summed E-state index contributed by atoms with van der Waals surface area (Å²) in [6.07, 6.45) is 1.64. The van der Waals surface area contributed by atoms with E-state index in [0.29, 0.717) is 10.6 Å². The van der Waals surface area contributed by atoms with E-state index < -0.39 is 0 Å². The van der Waals surface area contributed by atoms with Crippen molar-refractivity contribution in [2.75, 3.05) is 7.11 Å². The summed E-state index contributed by atoms with van der Waals surface area (Å²) in [6.45, 7) is 4.03. The molecule has 0 aliphatic rings. The van der Waals surface area contributed by atoms with Crippen LogP contribution in [0.2, 0.25) is 5.02 Å². The second kappa shape index (κ2) is 8.10. The molecule has 0 aliphatic heterocycles. The molecule has 3 aromatic rings. The van der Waals surface area contributed by atoms with Crippen molar-refractivity contribution in [3.05, 3.63) is 82.1 Å². The Morgan fingerprint density at radius 3 is 2.52 bits per heavy atom. The average Bonchev–Trinajstić information content (AvgIpc) is 2.95. The molecule has 3 rings (SSSR count). The number of rotatable bonds is 5. The topological polar surface area (TPSA) is 55.6 Å². The lowest BCUT2D eigenvalue weighted by Crippen LogP contribution is -2.18. The Kier molecular flexibility index (Phi) is 5.62. The first kappa shape index (κ1) is 18.7. The molecule has 5 nitrogen and oxygen atoms in total. The maximum Gasteiger partial charge on any atom is 0.272 e. The molecule has 0 radical (unpaired) electrons. The van der Waals surface area contributed by atoms with Crippen LogP contribution >= 0.6 is 11.6 Å². The van der Waals surface area contributed by atoms with Gasteiger partial charge in [-0.1, -0.05) is 23.7 Å². The second-order valence-corrected chi connectivity index (χ2v) is 6.45. The van der Waals surface area contributed by atoms with Crippen molar-refractivity contribution in [2.24, 2.45) is 5.10 Å². The summed E-state index contributed by atoms with van der Waals surface area (Å²) in [4.78, 5) is 12.2. The minimum Gasteiger partial charge on any atom is -0.497 e. The Labute approximate surface area is 163 Å². The number of aromatic nitrogens is 1. The highest BCUT2D eigenvalue weighted by atomic mass is 35.5. The summed E-state index contributed by atoms with van der Waals surface area (Å²) < 4.78 is 7.33. The minimum absolute atomic E-state index is 0.346. The normalized spacial score (nSPS) is 11.0. The van der Waals surface area contributed by atoms with Crippen LogP contribution in [0.1, 0.15) is 27.3 Å². The van der Waals surface area contributed by atoms with E-state index in [9.17, 15) is 4.79 Å². The van der Waals surface area contributed by atoms with Crippen molar-refractivity contribution in [2.45, 2.75) is 13.8 Å². The Morgan fingerprint density at radius 2 is 1.85 bits per heavy atom. The number of amides is 1. The monoisotopic (exact) mass is 381 g/mol. The molecule has 0 saturated carbocycles. The molecule has 0 fully saturated rings. The van der Waals surface area contributed by atoms with E-state index >= 15 is 0 Å². The molecule has 1 amide bonds. The van der Waals surface area contributed by atoms with Gasteiger partial charge in [0.1, 0.15) is 5.75 Å². The fourth-order valence-electron chi connectivity index (χ4n) is 2.91. The van der Waals surface area contributed by atoms with E-state index in [1.807, 2.05) is 44.2 Å². The molecule has 6 heteroatoms. The summed E-state index contributed by atoms with van der Waals surface area (Å²) in [5, 5.41) is 4.47. The molecule has 0 saturated heterocycles. The van der Waals surface area contributed by atoms with Crippen molar-refractivity contribution < 1.29 is 9.53 Å². The van der Waals surface area contributed by atoms with Crippen LogP contribution < -0.4 is 10.2 Å². The average molecular weight is 382 g/mol. The van der Waals surface area contributed by atoms with Crippen molar-refractivity contribution in [3.63, 3.8) is 0 Å². The minimum atomic E-state index is -0.346. The van der Waals surface area contributed by atoms with E-state index in [1.165, 1.54) is 0 Å². The standard InChI is InChI=1S/C21H20ClN3O2/c1-14-12-16(13-23-24-21(26)19-6-4-5-7-20(19)22)15(2)25(14)17-8-10-18(27-3)11-9-17/h4-13H,1-3H3,(H,24,26)/b23-13-. The Morgan fingerprint density at radius 1 is 1.15 bits per heavy atom. The van der Waals surface area contributed by atoms with Crippen LogP contribution in [0.5, 0.6) is 5.75 Å². The van der Waals surface area contributed by atoms with Gasteiger partial charge in [0.05, 0.1) is 23.9 Å². The van der Waals surface area contributed by atoms with E-state index in [4.69, 9.17) is 16.3 Å². The largest absolute Gasteiger partial charge is 0.497 e. The van der Waals surface area contributed by atoms with Crippen LogP contribution in [0.15, 0.2) is 59.7 Å². The van der Waals surface area contributed by atoms with Crippen molar-refractivity contribution in [1.82, 2.24) is 9.99 Å². The number of carbonyl (C=O) groups is 1. The number of benzene rings is 2. The van der Waals surface area contributed by atoms with Crippen LogP contribution in [-0.2, 0) is 0 Å². The smallest absolute Gasteiger partial charge is 0.272 e. The molecule has 1 heterocycles. The van der Waals surface area contributed by atoms with E-state index in [2.05, 4.69) is 15.1 Å². The molecule has 0 unspecified atom stereocenters. The number of aryl methyl sites for hydroxylation is 1. The summed E-state index contributed by atoms with van der Waals surface area (Å²) >= 11 is 6.03. The van der Waals surface area contributed by atoms with Gasteiger partial charge in [-0.2, -0.15) is 5.10 Å². The lowest BCUT2D eigenvalue weighted by molar-refractivity contribution is 0.0955. The van der Waals surface area contributed by atoms with Crippen molar-refractivity contribution in [1.29, 1.82) is 0 Å².